The van der Waals surface area contributed by atoms with Gasteiger partial charge in [0, 0.05) is 0 Å². The molecule has 1 atom stereocenters. The van der Waals surface area contributed by atoms with E-state index in [1.807, 2.05) is 0 Å². The van der Waals surface area contributed by atoms with E-state index in [0.29, 0.717) is 0 Å². The van der Waals surface area contributed by atoms with Gasteiger partial charge in [-0.15, -0.1) is 0 Å². The lowest BCUT2D eigenvalue weighted by Crippen LogP contribution is -2.01. The first-order valence-electron chi connectivity index (χ1n) is 14.1. The first-order chi connectivity index (χ1) is 14.3. The van der Waals surface area contributed by atoms with Gasteiger partial charge in [0.05, 0.1) is 0 Å². The zero-order valence-corrected chi connectivity index (χ0v) is 21.0. The fourth-order valence-corrected chi connectivity index (χ4v) is 4.71. The molecule has 1 radical (unpaired) electrons. The van der Waals surface area contributed by atoms with Gasteiger partial charge in [0.15, 0.2) is 0 Å². The summed E-state index contributed by atoms with van der Waals surface area (Å²) in [7, 11) is 0. The van der Waals surface area contributed by atoms with Crippen LogP contribution in [0.1, 0.15) is 174 Å². The summed E-state index contributed by atoms with van der Waals surface area (Å²) in [4.78, 5) is 0. The first kappa shape index (κ1) is 29.0. The molecule has 0 aromatic rings. The van der Waals surface area contributed by atoms with Crippen molar-refractivity contribution < 1.29 is 0 Å². The molecular formula is C29H59. The summed E-state index contributed by atoms with van der Waals surface area (Å²) in [5.41, 5.74) is 0. The van der Waals surface area contributed by atoms with Crippen LogP contribution in [0.25, 0.3) is 0 Å². The molecule has 29 heavy (non-hydrogen) atoms. The molecule has 0 bridgehead atoms. The Morgan fingerprint density at radius 1 is 0.379 bits per heavy atom. The number of unbranched alkanes of at least 4 members (excludes halogenated alkanes) is 19. The maximum atomic E-state index is 4.02. The average Bonchev–Trinajstić information content (AvgIpc) is 2.73. The molecule has 175 valence electrons. The van der Waals surface area contributed by atoms with Gasteiger partial charge in [-0.3, -0.25) is 0 Å². The standard InChI is InChI=1S/C29H59/c1-4-7-10-12-13-14-15-16-17-18-19-20-22-25-28-29(26-23-9-6-3)27-24-21-11-8-5-2/h29H,3-28H2,1-2H3. The van der Waals surface area contributed by atoms with Gasteiger partial charge < -0.3 is 0 Å². The van der Waals surface area contributed by atoms with Gasteiger partial charge in [0.2, 0.25) is 0 Å². The Bertz CT molecular complexity index is 269. The van der Waals surface area contributed by atoms with Gasteiger partial charge in [0.25, 0.3) is 0 Å². The lowest BCUT2D eigenvalue weighted by atomic mass is 9.89. The van der Waals surface area contributed by atoms with Crippen LogP contribution in [-0.4, -0.2) is 0 Å². The maximum absolute atomic E-state index is 4.02. The van der Waals surface area contributed by atoms with E-state index in [0.717, 1.165) is 12.3 Å². The molecular weight excluding hydrogens is 348 g/mol. The molecule has 0 aliphatic carbocycles. The zero-order chi connectivity index (χ0) is 21.3. The highest BCUT2D eigenvalue weighted by Gasteiger charge is 2.08. The summed E-state index contributed by atoms with van der Waals surface area (Å²) in [6.07, 6.45) is 36.2. The summed E-state index contributed by atoms with van der Waals surface area (Å²) in [5, 5.41) is 0. The molecule has 1 unspecified atom stereocenters. The van der Waals surface area contributed by atoms with Crippen LogP contribution in [0.3, 0.4) is 0 Å². The van der Waals surface area contributed by atoms with Gasteiger partial charge in [-0.25, -0.2) is 0 Å². The zero-order valence-electron chi connectivity index (χ0n) is 21.0. The highest BCUT2D eigenvalue weighted by molar-refractivity contribution is 4.62. The van der Waals surface area contributed by atoms with Crippen LogP contribution in [0.2, 0.25) is 0 Å². The predicted octanol–water partition coefficient (Wildman–Crippen LogP) is 11.2. The normalized spacial score (nSPS) is 12.5. The summed E-state index contributed by atoms with van der Waals surface area (Å²) in [6.45, 7) is 8.64. The average molecular weight is 408 g/mol. The number of rotatable bonds is 25. The molecule has 0 saturated heterocycles. The molecule has 0 aliphatic rings. The Morgan fingerprint density at radius 3 is 0.966 bits per heavy atom. The minimum absolute atomic E-state index is 1.01. The van der Waals surface area contributed by atoms with Crippen LogP contribution in [0.5, 0.6) is 0 Å². The summed E-state index contributed by atoms with van der Waals surface area (Å²) >= 11 is 0. The van der Waals surface area contributed by atoms with Crippen LogP contribution >= 0.6 is 0 Å². The second-order valence-corrected chi connectivity index (χ2v) is 9.80. The summed E-state index contributed by atoms with van der Waals surface area (Å²) < 4.78 is 0. The highest BCUT2D eigenvalue weighted by atomic mass is 14.1. The van der Waals surface area contributed by atoms with Crippen molar-refractivity contribution in [1.82, 2.24) is 0 Å². The van der Waals surface area contributed by atoms with E-state index >= 15 is 0 Å². The van der Waals surface area contributed by atoms with Crippen molar-refractivity contribution in [3.63, 3.8) is 0 Å². The van der Waals surface area contributed by atoms with Crippen LogP contribution < -0.4 is 0 Å². The van der Waals surface area contributed by atoms with Gasteiger partial charge in [-0.2, -0.15) is 0 Å². The molecule has 0 nitrogen and oxygen atoms in total. The Kier molecular flexibility index (Phi) is 26.0. The van der Waals surface area contributed by atoms with Crippen LogP contribution in [0.15, 0.2) is 0 Å². The third kappa shape index (κ3) is 24.1. The van der Waals surface area contributed by atoms with Crippen LogP contribution in [-0.2, 0) is 0 Å². The quantitative estimate of drug-likeness (QED) is 0.132. The fourth-order valence-electron chi connectivity index (χ4n) is 4.71. The predicted molar refractivity (Wildman–Crippen MR) is 136 cm³/mol. The van der Waals surface area contributed by atoms with Crippen molar-refractivity contribution in [2.75, 3.05) is 0 Å². The van der Waals surface area contributed by atoms with Crippen molar-refractivity contribution in [3.05, 3.63) is 6.92 Å². The van der Waals surface area contributed by atoms with E-state index < -0.39 is 0 Å². The molecule has 0 heterocycles. The maximum Gasteiger partial charge on any atom is -0.0414 e. The lowest BCUT2D eigenvalue weighted by Gasteiger charge is -2.17. The van der Waals surface area contributed by atoms with E-state index in [4.69, 9.17) is 0 Å². The van der Waals surface area contributed by atoms with Crippen molar-refractivity contribution in [1.29, 1.82) is 0 Å². The Balaban J connectivity index is 3.48. The first-order valence-corrected chi connectivity index (χ1v) is 14.1. The van der Waals surface area contributed by atoms with Crippen LogP contribution in [0, 0.1) is 12.8 Å². The SMILES string of the molecule is [CH2]CCCCC(CCCCCCC)CCCCCCCCCCCCCCCC. The van der Waals surface area contributed by atoms with Gasteiger partial charge in [0.1, 0.15) is 0 Å². The number of hydrogen-bond donors (Lipinski definition) is 0. The van der Waals surface area contributed by atoms with E-state index in [9.17, 15) is 0 Å². The molecule has 0 aromatic heterocycles. The molecule has 0 fully saturated rings. The molecule has 0 N–H and O–H groups in total. The molecule has 0 aromatic carbocycles. The topological polar surface area (TPSA) is 0 Å². The molecule has 0 heteroatoms. The Labute approximate surface area is 187 Å². The second-order valence-electron chi connectivity index (χ2n) is 9.80. The minimum Gasteiger partial charge on any atom is -0.0654 e. The fraction of sp³-hybridized carbons (Fsp3) is 0.966. The van der Waals surface area contributed by atoms with Gasteiger partial charge in [-0.1, -0.05) is 181 Å². The molecule has 0 spiro atoms. The van der Waals surface area contributed by atoms with Crippen molar-refractivity contribution >= 4 is 0 Å². The van der Waals surface area contributed by atoms with Crippen molar-refractivity contribution in [3.8, 4) is 0 Å². The Hall–Kier alpha value is 0. The smallest absolute Gasteiger partial charge is 0.0414 e. The van der Waals surface area contributed by atoms with Gasteiger partial charge >= 0.3 is 0 Å². The van der Waals surface area contributed by atoms with E-state index in [2.05, 4.69) is 20.8 Å². The van der Waals surface area contributed by atoms with E-state index in [1.54, 1.807) is 0 Å². The lowest BCUT2D eigenvalue weighted by molar-refractivity contribution is 0.369. The highest BCUT2D eigenvalue weighted by Crippen LogP contribution is 2.24. The molecule has 0 aliphatic heterocycles. The van der Waals surface area contributed by atoms with Crippen LogP contribution in [0.4, 0.5) is 0 Å². The summed E-state index contributed by atoms with van der Waals surface area (Å²) in [5.74, 6) is 1.01. The minimum atomic E-state index is 1.01. The third-order valence-electron chi connectivity index (χ3n) is 6.79. The van der Waals surface area contributed by atoms with Crippen molar-refractivity contribution in [2.45, 2.75) is 174 Å². The van der Waals surface area contributed by atoms with Crippen molar-refractivity contribution in [2.24, 2.45) is 5.92 Å². The molecule has 0 saturated carbocycles. The third-order valence-corrected chi connectivity index (χ3v) is 6.79. The summed E-state index contributed by atoms with van der Waals surface area (Å²) in [6, 6.07) is 0. The van der Waals surface area contributed by atoms with E-state index in [-0.39, 0.29) is 0 Å². The largest absolute Gasteiger partial charge is 0.0654 e. The molecule has 0 amide bonds. The Morgan fingerprint density at radius 2 is 0.655 bits per heavy atom. The van der Waals surface area contributed by atoms with Gasteiger partial charge in [-0.05, 0) is 5.92 Å². The monoisotopic (exact) mass is 407 g/mol. The molecule has 0 rings (SSSR count). The number of hydrogen-bond acceptors (Lipinski definition) is 0. The second kappa shape index (κ2) is 26.0. The van der Waals surface area contributed by atoms with E-state index in [1.165, 1.54) is 154 Å².